The van der Waals surface area contributed by atoms with Crippen molar-refractivity contribution in [2.75, 3.05) is 0 Å². The third-order valence-corrected chi connectivity index (χ3v) is 4.91. The van der Waals surface area contributed by atoms with Crippen LogP contribution in [0.5, 0.6) is 0 Å². The van der Waals surface area contributed by atoms with Crippen LogP contribution in [0.2, 0.25) is 0 Å². The van der Waals surface area contributed by atoms with Gasteiger partial charge in [0.05, 0.1) is 15.8 Å². The van der Waals surface area contributed by atoms with E-state index in [1.165, 1.54) is 47.7 Å². The maximum absolute atomic E-state index is 4.57. The van der Waals surface area contributed by atoms with Crippen molar-refractivity contribution in [3.63, 3.8) is 0 Å². The molecule has 0 saturated heterocycles. The molecular formula is C17H21IN2. The summed E-state index contributed by atoms with van der Waals surface area (Å²) < 4.78 is 3.37. The predicted octanol–water partition coefficient (Wildman–Crippen LogP) is 5.05. The molecule has 0 N–H and O–H groups in total. The van der Waals surface area contributed by atoms with Gasteiger partial charge in [-0.2, -0.15) is 5.10 Å². The summed E-state index contributed by atoms with van der Waals surface area (Å²) in [6.07, 6.45) is 12.4. The third-order valence-electron chi connectivity index (χ3n) is 4.36. The van der Waals surface area contributed by atoms with E-state index >= 15 is 0 Å². The lowest BCUT2D eigenvalue weighted by molar-refractivity contribution is 0.296. The Morgan fingerprint density at radius 2 is 1.90 bits per heavy atom. The molecule has 0 bridgehead atoms. The van der Waals surface area contributed by atoms with E-state index in [0.717, 1.165) is 5.92 Å². The predicted molar refractivity (Wildman–Crippen MR) is 90.7 cm³/mol. The lowest BCUT2D eigenvalue weighted by Gasteiger charge is -2.27. The Kier molecular flexibility index (Phi) is 4.76. The number of benzene rings is 1. The van der Waals surface area contributed by atoms with E-state index in [2.05, 4.69) is 68.9 Å². The average molecular weight is 380 g/mol. The second-order valence-electron chi connectivity index (χ2n) is 5.80. The second-order valence-corrected chi connectivity index (χ2v) is 7.05. The largest absolute Gasteiger partial charge is 0.264 e. The van der Waals surface area contributed by atoms with Gasteiger partial charge in [0.2, 0.25) is 0 Å². The molecule has 1 fully saturated rings. The highest BCUT2D eigenvalue weighted by molar-refractivity contribution is 14.1. The summed E-state index contributed by atoms with van der Waals surface area (Å²) in [6, 6.07) is 11.2. The van der Waals surface area contributed by atoms with E-state index < -0.39 is 0 Å². The first-order valence-electron chi connectivity index (χ1n) is 7.57. The molecule has 1 unspecified atom stereocenters. The SMILES string of the molecule is Ic1cnn(C(CC2CCCCC2)c2ccccc2)c1. The zero-order chi connectivity index (χ0) is 13.8. The number of hydrogen-bond donors (Lipinski definition) is 0. The van der Waals surface area contributed by atoms with Crippen LogP contribution in [-0.4, -0.2) is 9.78 Å². The Bertz CT molecular complexity index is 529. The molecule has 1 aliphatic rings. The highest BCUT2D eigenvalue weighted by atomic mass is 127. The molecule has 1 saturated carbocycles. The molecule has 1 aromatic heterocycles. The Morgan fingerprint density at radius 3 is 2.55 bits per heavy atom. The van der Waals surface area contributed by atoms with Gasteiger partial charge in [0, 0.05) is 6.20 Å². The molecule has 0 aliphatic heterocycles. The van der Waals surface area contributed by atoms with Gasteiger partial charge in [0.15, 0.2) is 0 Å². The molecule has 1 heterocycles. The second kappa shape index (κ2) is 6.74. The molecule has 1 aliphatic carbocycles. The normalized spacial score (nSPS) is 18.1. The molecule has 1 atom stereocenters. The van der Waals surface area contributed by atoms with Gasteiger partial charge < -0.3 is 0 Å². The van der Waals surface area contributed by atoms with Crippen LogP contribution < -0.4 is 0 Å². The van der Waals surface area contributed by atoms with Crippen molar-refractivity contribution in [2.45, 2.75) is 44.6 Å². The lowest BCUT2D eigenvalue weighted by Crippen LogP contribution is -2.17. The van der Waals surface area contributed by atoms with Gasteiger partial charge in [0.25, 0.3) is 0 Å². The fraction of sp³-hybridized carbons (Fsp3) is 0.471. The van der Waals surface area contributed by atoms with E-state index in [1.807, 2.05) is 6.20 Å². The van der Waals surface area contributed by atoms with Gasteiger partial charge in [-0.1, -0.05) is 62.4 Å². The Balaban J connectivity index is 1.83. The van der Waals surface area contributed by atoms with E-state index in [0.29, 0.717) is 6.04 Å². The van der Waals surface area contributed by atoms with Crippen molar-refractivity contribution >= 4 is 22.6 Å². The van der Waals surface area contributed by atoms with Crippen molar-refractivity contribution in [1.82, 2.24) is 9.78 Å². The molecule has 2 aromatic rings. The number of nitrogens with zero attached hydrogens (tertiary/aromatic N) is 2. The highest BCUT2D eigenvalue weighted by Gasteiger charge is 2.22. The standard InChI is InChI=1S/C17H21IN2/c18-16-12-19-20(13-16)17(15-9-5-2-6-10-15)11-14-7-3-1-4-8-14/h2,5-6,9-10,12-14,17H,1,3-4,7-8,11H2. The molecule has 0 amide bonds. The molecule has 1 aromatic carbocycles. The number of rotatable bonds is 4. The fourth-order valence-electron chi connectivity index (χ4n) is 3.30. The third kappa shape index (κ3) is 3.43. The number of aromatic nitrogens is 2. The number of halogens is 1. The van der Waals surface area contributed by atoms with Crippen LogP contribution in [0.3, 0.4) is 0 Å². The molecule has 0 radical (unpaired) electrons. The quantitative estimate of drug-likeness (QED) is 0.679. The van der Waals surface area contributed by atoms with Crippen molar-refractivity contribution in [2.24, 2.45) is 5.92 Å². The number of hydrogen-bond acceptors (Lipinski definition) is 1. The summed E-state index contributed by atoms with van der Waals surface area (Å²) in [7, 11) is 0. The van der Waals surface area contributed by atoms with Gasteiger partial charge in [-0.15, -0.1) is 0 Å². The monoisotopic (exact) mass is 380 g/mol. The minimum Gasteiger partial charge on any atom is -0.264 e. The minimum atomic E-state index is 0.391. The van der Waals surface area contributed by atoms with Gasteiger partial charge in [-0.3, -0.25) is 4.68 Å². The van der Waals surface area contributed by atoms with E-state index in [4.69, 9.17) is 0 Å². The first-order chi connectivity index (χ1) is 9.83. The molecule has 2 nitrogen and oxygen atoms in total. The van der Waals surface area contributed by atoms with Crippen LogP contribution >= 0.6 is 22.6 Å². The summed E-state index contributed by atoms with van der Waals surface area (Å²) in [5.74, 6) is 0.857. The van der Waals surface area contributed by atoms with Gasteiger partial charge in [0.1, 0.15) is 0 Å². The van der Waals surface area contributed by atoms with Gasteiger partial charge >= 0.3 is 0 Å². The topological polar surface area (TPSA) is 17.8 Å². The summed E-state index contributed by atoms with van der Waals surface area (Å²) >= 11 is 2.34. The van der Waals surface area contributed by atoms with E-state index in [9.17, 15) is 0 Å². The van der Waals surface area contributed by atoms with Crippen molar-refractivity contribution in [3.05, 3.63) is 51.9 Å². The van der Waals surface area contributed by atoms with Crippen LogP contribution in [0.1, 0.15) is 50.1 Å². The molecule has 20 heavy (non-hydrogen) atoms. The maximum atomic E-state index is 4.57. The summed E-state index contributed by atoms with van der Waals surface area (Å²) in [4.78, 5) is 0. The lowest BCUT2D eigenvalue weighted by atomic mass is 9.83. The summed E-state index contributed by atoms with van der Waals surface area (Å²) in [5.41, 5.74) is 1.39. The molecule has 3 rings (SSSR count). The molecule has 0 spiro atoms. The smallest absolute Gasteiger partial charge is 0.0771 e. The van der Waals surface area contributed by atoms with Crippen molar-refractivity contribution in [3.8, 4) is 0 Å². The van der Waals surface area contributed by atoms with Gasteiger partial charge in [-0.05, 0) is 40.5 Å². The average Bonchev–Trinajstić information content (AvgIpc) is 2.93. The maximum Gasteiger partial charge on any atom is 0.0771 e. The Hall–Kier alpha value is -0.840. The molecule has 106 valence electrons. The first-order valence-corrected chi connectivity index (χ1v) is 8.65. The van der Waals surface area contributed by atoms with E-state index in [1.54, 1.807) is 0 Å². The highest BCUT2D eigenvalue weighted by Crippen LogP contribution is 2.33. The Labute approximate surface area is 134 Å². The van der Waals surface area contributed by atoms with E-state index in [-0.39, 0.29) is 0 Å². The summed E-state index contributed by atoms with van der Waals surface area (Å²) in [6.45, 7) is 0. The zero-order valence-corrected chi connectivity index (χ0v) is 13.9. The van der Waals surface area contributed by atoms with Crippen molar-refractivity contribution < 1.29 is 0 Å². The zero-order valence-electron chi connectivity index (χ0n) is 11.7. The van der Waals surface area contributed by atoms with Crippen molar-refractivity contribution in [1.29, 1.82) is 0 Å². The van der Waals surface area contributed by atoms with Crippen LogP contribution in [0.15, 0.2) is 42.7 Å². The van der Waals surface area contributed by atoms with Crippen LogP contribution in [0.4, 0.5) is 0 Å². The van der Waals surface area contributed by atoms with Crippen LogP contribution in [0.25, 0.3) is 0 Å². The van der Waals surface area contributed by atoms with Crippen LogP contribution in [-0.2, 0) is 0 Å². The fourth-order valence-corrected chi connectivity index (χ4v) is 3.71. The van der Waals surface area contributed by atoms with Gasteiger partial charge in [-0.25, -0.2) is 0 Å². The summed E-state index contributed by atoms with van der Waals surface area (Å²) in [5, 5.41) is 4.57. The first kappa shape index (κ1) is 14.1. The van der Waals surface area contributed by atoms with Crippen LogP contribution in [0, 0.1) is 9.49 Å². The Morgan fingerprint density at radius 1 is 1.15 bits per heavy atom. The minimum absolute atomic E-state index is 0.391. The molecule has 3 heteroatoms. The molecular weight excluding hydrogens is 359 g/mol.